The molecule has 0 aliphatic rings. The lowest BCUT2D eigenvalue weighted by Gasteiger charge is -2.09. The van der Waals surface area contributed by atoms with Crippen LogP contribution in [0.15, 0.2) is 48.5 Å². The summed E-state index contributed by atoms with van der Waals surface area (Å²) in [5, 5.41) is 0.895. The van der Waals surface area contributed by atoms with Crippen LogP contribution in [-0.4, -0.2) is 24.3 Å². The molecule has 0 aliphatic heterocycles. The number of fused-ring (bicyclic) bond motifs is 1. The lowest BCUT2D eigenvalue weighted by Crippen LogP contribution is -2.06. The van der Waals surface area contributed by atoms with E-state index < -0.39 is 0 Å². The van der Waals surface area contributed by atoms with Crippen molar-refractivity contribution in [1.82, 2.24) is 4.57 Å². The number of nitrogens with zero attached hydrogens (tertiary/aromatic N) is 1. The van der Waals surface area contributed by atoms with Crippen LogP contribution in [-0.2, 0) is 11.8 Å². The summed E-state index contributed by atoms with van der Waals surface area (Å²) in [6, 6.07) is 15.5. The van der Waals surface area contributed by atoms with E-state index in [1.165, 1.54) is 0 Å². The molecule has 0 saturated carbocycles. The Kier molecular flexibility index (Phi) is 4.06. The molecule has 0 saturated heterocycles. The fraction of sp³-hybridized carbons (Fsp3) is 0.211. The molecule has 0 atom stereocenters. The molecule has 1 heterocycles. The first kappa shape index (κ1) is 15.2. The highest BCUT2D eigenvalue weighted by Gasteiger charge is 2.23. The minimum Gasteiger partial charge on any atom is -0.497 e. The molecule has 118 valence electrons. The van der Waals surface area contributed by atoms with E-state index in [0.29, 0.717) is 12.2 Å². The molecule has 0 N–H and O–H groups in total. The summed E-state index contributed by atoms with van der Waals surface area (Å²) in [5.41, 5.74) is 3.35. The Balaban J connectivity index is 2.32. The van der Waals surface area contributed by atoms with Crippen LogP contribution in [0.3, 0.4) is 0 Å². The highest BCUT2D eigenvalue weighted by Crippen LogP contribution is 2.34. The number of carbonyl (C=O) groups excluding carboxylic acids is 1. The number of hydrogen-bond acceptors (Lipinski definition) is 3. The van der Waals surface area contributed by atoms with Gasteiger partial charge in [-0.1, -0.05) is 30.3 Å². The van der Waals surface area contributed by atoms with Crippen LogP contribution in [0.2, 0.25) is 0 Å². The number of carbonyl (C=O) groups is 1. The van der Waals surface area contributed by atoms with Gasteiger partial charge in [0, 0.05) is 23.5 Å². The quantitative estimate of drug-likeness (QED) is 0.683. The molecule has 23 heavy (non-hydrogen) atoms. The van der Waals surface area contributed by atoms with Gasteiger partial charge in [0.25, 0.3) is 0 Å². The molecule has 4 nitrogen and oxygen atoms in total. The molecule has 1 aromatic heterocycles. The number of methoxy groups -OCH3 is 1. The van der Waals surface area contributed by atoms with Crippen LogP contribution >= 0.6 is 0 Å². The van der Waals surface area contributed by atoms with Crippen molar-refractivity contribution in [3.8, 4) is 17.0 Å². The highest BCUT2D eigenvalue weighted by atomic mass is 16.5. The van der Waals surface area contributed by atoms with Crippen LogP contribution in [0.1, 0.15) is 17.3 Å². The van der Waals surface area contributed by atoms with E-state index in [2.05, 4.69) is 0 Å². The van der Waals surface area contributed by atoms with Gasteiger partial charge in [-0.15, -0.1) is 0 Å². The zero-order valence-corrected chi connectivity index (χ0v) is 13.5. The number of aryl methyl sites for hydroxylation is 1. The Morgan fingerprint density at radius 3 is 2.65 bits per heavy atom. The molecule has 0 bridgehead atoms. The Hall–Kier alpha value is -2.75. The third-order valence-corrected chi connectivity index (χ3v) is 3.93. The summed E-state index contributed by atoms with van der Waals surface area (Å²) in [6.07, 6.45) is 0. The summed E-state index contributed by atoms with van der Waals surface area (Å²) < 4.78 is 12.6. The highest BCUT2D eigenvalue weighted by molar-refractivity contribution is 6.10. The lowest BCUT2D eigenvalue weighted by molar-refractivity contribution is 0.0529. The van der Waals surface area contributed by atoms with Gasteiger partial charge in [0.1, 0.15) is 5.75 Å². The molecular formula is C19H19NO3. The van der Waals surface area contributed by atoms with Gasteiger partial charge in [0.15, 0.2) is 0 Å². The van der Waals surface area contributed by atoms with Crippen molar-refractivity contribution >= 4 is 16.9 Å². The number of hydrogen-bond donors (Lipinski definition) is 0. The second kappa shape index (κ2) is 6.16. The molecule has 0 amide bonds. The molecule has 0 radical (unpaired) electrons. The van der Waals surface area contributed by atoms with Gasteiger partial charge in [0.05, 0.1) is 25.0 Å². The Morgan fingerprint density at radius 1 is 1.13 bits per heavy atom. The molecule has 4 heteroatoms. The van der Waals surface area contributed by atoms with Crippen LogP contribution in [0.4, 0.5) is 0 Å². The third kappa shape index (κ3) is 2.57. The Labute approximate surface area is 135 Å². The predicted molar refractivity (Wildman–Crippen MR) is 90.9 cm³/mol. The number of rotatable bonds is 4. The fourth-order valence-corrected chi connectivity index (χ4v) is 2.91. The van der Waals surface area contributed by atoms with Crippen molar-refractivity contribution in [2.75, 3.05) is 13.7 Å². The number of esters is 1. The topological polar surface area (TPSA) is 40.5 Å². The molecule has 0 spiro atoms. The van der Waals surface area contributed by atoms with E-state index >= 15 is 0 Å². The van der Waals surface area contributed by atoms with Gasteiger partial charge < -0.3 is 14.0 Å². The van der Waals surface area contributed by atoms with E-state index in [1.54, 1.807) is 7.11 Å². The van der Waals surface area contributed by atoms with Crippen molar-refractivity contribution in [3.63, 3.8) is 0 Å². The third-order valence-electron chi connectivity index (χ3n) is 3.93. The van der Waals surface area contributed by atoms with Gasteiger partial charge in [-0.05, 0) is 25.1 Å². The predicted octanol–water partition coefficient (Wildman–Crippen LogP) is 4.03. The molecule has 2 aromatic carbocycles. The van der Waals surface area contributed by atoms with Gasteiger partial charge in [-0.25, -0.2) is 4.79 Å². The van der Waals surface area contributed by atoms with Crippen molar-refractivity contribution in [3.05, 3.63) is 54.1 Å². The molecule has 3 rings (SSSR count). The van der Waals surface area contributed by atoms with Crippen molar-refractivity contribution in [1.29, 1.82) is 0 Å². The minimum atomic E-state index is -0.304. The standard InChI is InChI=1S/C19H19NO3/c1-4-23-19(21)17-15-10-5-6-11-16(15)20(2)18(17)13-8-7-9-14(12-13)22-3/h5-12H,4H2,1-3H3. The molecule has 0 aliphatic carbocycles. The monoisotopic (exact) mass is 309 g/mol. The maximum Gasteiger partial charge on any atom is 0.340 e. The first-order valence-corrected chi connectivity index (χ1v) is 7.56. The number of ether oxygens (including phenoxy) is 2. The van der Waals surface area contributed by atoms with Crippen LogP contribution in [0.5, 0.6) is 5.75 Å². The van der Waals surface area contributed by atoms with E-state index in [9.17, 15) is 4.79 Å². The fourth-order valence-electron chi connectivity index (χ4n) is 2.91. The maximum atomic E-state index is 12.6. The first-order valence-electron chi connectivity index (χ1n) is 7.56. The molecule has 0 unspecified atom stereocenters. The van der Waals surface area contributed by atoms with Crippen molar-refractivity contribution in [2.45, 2.75) is 6.92 Å². The summed E-state index contributed by atoms with van der Waals surface area (Å²) in [4.78, 5) is 12.6. The number of para-hydroxylation sites is 1. The second-order valence-electron chi connectivity index (χ2n) is 5.25. The summed E-state index contributed by atoms with van der Waals surface area (Å²) in [7, 11) is 3.59. The Morgan fingerprint density at radius 2 is 1.91 bits per heavy atom. The normalized spacial score (nSPS) is 10.7. The molecule has 0 fully saturated rings. The van der Waals surface area contributed by atoms with E-state index in [4.69, 9.17) is 9.47 Å². The summed E-state index contributed by atoms with van der Waals surface area (Å²) >= 11 is 0. The first-order chi connectivity index (χ1) is 11.2. The van der Waals surface area contributed by atoms with E-state index in [1.807, 2.05) is 67.1 Å². The zero-order valence-electron chi connectivity index (χ0n) is 13.5. The summed E-state index contributed by atoms with van der Waals surface area (Å²) in [5.74, 6) is 0.449. The maximum absolute atomic E-state index is 12.6. The van der Waals surface area contributed by atoms with Crippen LogP contribution in [0, 0.1) is 0 Å². The van der Waals surface area contributed by atoms with Gasteiger partial charge in [-0.3, -0.25) is 0 Å². The zero-order chi connectivity index (χ0) is 16.4. The smallest absolute Gasteiger partial charge is 0.340 e. The lowest BCUT2D eigenvalue weighted by atomic mass is 10.0. The number of aromatic nitrogens is 1. The van der Waals surface area contributed by atoms with Gasteiger partial charge in [0.2, 0.25) is 0 Å². The van der Waals surface area contributed by atoms with Gasteiger partial charge >= 0.3 is 5.97 Å². The average Bonchev–Trinajstić information content (AvgIpc) is 2.88. The average molecular weight is 309 g/mol. The van der Waals surface area contributed by atoms with Crippen LogP contribution in [0.25, 0.3) is 22.2 Å². The second-order valence-corrected chi connectivity index (χ2v) is 5.25. The van der Waals surface area contributed by atoms with Crippen molar-refractivity contribution < 1.29 is 14.3 Å². The largest absolute Gasteiger partial charge is 0.497 e. The van der Waals surface area contributed by atoms with Gasteiger partial charge in [-0.2, -0.15) is 0 Å². The SMILES string of the molecule is CCOC(=O)c1c(-c2cccc(OC)c2)n(C)c2ccccc12. The molecule has 3 aromatic rings. The Bertz CT molecular complexity index is 864. The minimum absolute atomic E-state index is 0.304. The summed E-state index contributed by atoms with van der Waals surface area (Å²) in [6.45, 7) is 2.16. The van der Waals surface area contributed by atoms with E-state index in [-0.39, 0.29) is 5.97 Å². The van der Waals surface area contributed by atoms with Crippen LogP contribution < -0.4 is 4.74 Å². The van der Waals surface area contributed by atoms with E-state index in [0.717, 1.165) is 27.9 Å². The molecular weight excluding hydrogens is 290 g/mol. The van der Waals surface area contributed by atoms with Crippen molar-refractivity contribution in [2.24, 2.45) is 7.05 Å². The number of benzene rings is 2.